The molecule has 3 aromatic heterocycles. The molecule has 0 radical (unpaired) electrons. The monoisotopic (exact) mass is 1300 g/mol. The van der Waals surface area contributed by atoms with Crippen LogP contribution in [-0.2, 0) is 66.1 Å². The summed E-state index contributed by atoms with van der Waals surface area (Å²) in [6.45, 7) is 10.1. The molecule has 0 fully saturated rings. The molecule has 2 aliphatic rings. The average molecular weight is 1300 g/mol. The van der Waals surface area contributed by atoms with Gasteiger partial charge in [0.15, 0.2) is 0 Å². The van der Waals surface area contributed by atoms with Crippen LogP contribution in [0.5, 0.6) is 0 Å². The molecule has 8 bridgehead atoms. The van der Waals surface area contributed by atoms with Gasteiger partial charge in [0.25, 0.3) is 0 Å². The molecular formula is C73H65N4O9P3Zn. The van der Waals surface area contributed by atoms with Crippen molar-refractivity contribution < 1.29 is 61.8 Å². The van der Waals surface area contributed by atoms with E-state index in [1.54, 1.807) is 38.1 Å². The van der Waals surface area contributed by atoms with Crippen molar-refractivity contribution >= 4 is 69.2 Å². The van der Waals surface area contributed by atoms with Gasteiger partial charge in [0.05, 0.1) is 59.9 Å². The first-order valence-electron chi connectivity index (χ1n) is 29.4. The van der Waals surface area contributed by atoms with Crippen molar-refractivity contribution in [1.82, 2.24) is 19.9 Å². The summed E-state index contributed by atoms with van der Waals surface area (Å²) in [6.07, 6.45) is 7.28. The Labute approximate surface area is 536 Å². The fourth-order valence-electron chi connectivity index (χ4n) is 12.1. The third kappa shape index (κ3) is 13.5. The van der Waals surface area contributed by atoms with Gasteiger partial charge in [-0.1, -0.05) is 211 Å². The van der Waals surface area contributed by atoms with Gasteiger partial charge >= 0.3 is 42.3 Å². The number of hydrogen-bond acceptors (Lipinski definition) is 7. The largest absolute Gasteiger partial charge is 2.00 e. The maximum absolute atomic E-state index is 13.9. The van der Waals surface area contributed by atoms with Crippen molar-refractivity contribution in [2.45, 2.75) is 58.5 Å². The van der Waals surface area contributed by atoms with E-state index in [1.165, 1.54) is 0 Å². The molecule has 2 aliphatic heterocycles. The molecule has 0 aliphatic carbocycles. The SMILES string of the molecule is CCOP(=O)(Cc1ccc(C(c2ccc(CP(=O)(O)O)cc2)(c2ccc(CP(=O)(O)O)cc2)c2ccc(-c3c4nc(c(-c5ccc(C)cc5)c5ccc([n-]5)c(-c5ccc(C)cc5)c5nc(c(-c6ccc(C)cc6)c6ccc3[n-]6)C=C5)C=C4)cc2)cc1)OCC.[Zn+2]. The number of benzene rings is 7. The molecule has 448 valence electrons. The molecule has 0 amide bonds. The van der Waals surface area contributed by atoms with Crippen LogP contribution in [0.3, 0.4) is 0 Å². The Morgan fingerprint density at radius 3 is 0.867 bits per heavy atom. The molecule has 10 aromatic rings. The zero-order valence-electron chi connectivity index (χ0n) is 50.5. The molecule has 0 atom stereocenters. The normalized spacial score (nSPS) is 12.5. The molecule has 17 heteroatoms. The van der Waals surface area contributed by atoms with Gasteiger partial charge in [0, 0.05) is 0 Å². The average Bonchev–Trinajstić information content (AvgIpc) is 0.880. The topological polar surface area (TPSA) is 205 Å². The first-order valence-corrected chi connectivity index (χ1v) is 34.7. The van der Waals surface area contributed by atoms with Gasteiger partial charge < -0.3 is 38.6 Å². The first kappa shape index (κ1) is 63.8. The predicted octanol–water partition coefficient (Wildman–Crippen LogP) is 17.0. The molecule has 90 heavy (non-hydrogen) atoms. The second kappa shape index (κ2) is 26.2. The van der Waals surface area contributed by atoms with Gasteiger partial charge in [0.1, 0.15) is 0 Å². The minimum absolute atomic E-state index is 0. The van der Waals surface area contributed by atoms with Gasteiger partial charge in [-0.25, -0.2) is 9.97 Å². The standard InChI is InChI=1S/C73H65N4O9P3.Zn/c1-6-85-89(84,86-7-2)46-52-18-32-59(33-19-52)73(57-28-14-50(15-29-57)44-87(78,79)80,58-30-16-51(17-31-58)45-88(81,82)83)60-34-26-56(27-35-60)72-67-42-40-65(76-67)70(54-22-10-48(4)11-23-54)63-38-36-61(74-63)69(53-20-8-47(3)9-21-53)62-37-39-64(75-62)71(66-41-43-68(72)77-66)55-24-12-49(5)13-25-55;/h8-43H,6-7,44-46H2,1-5H3,(H2,78,79,80)(H2,81,82,83);/q-2;+2. The van der Waals surface area contributed by atoms with Crippen molar-refractivity contribution in [3.8, 4) is 44.5 Å². The smallest absolute Gasteiger partial charge is 0.657 e. The molecule has 5 heterocycles. The summed E-state index contributed by atoms with van der Waals surface area (Å²) < 4.78 is 50.1. The Hall–Kier alpha value is -7.79. The van der Waals surface area contributed by atoms with Gasteiger partial charge in [-0.15, -0.1) is 22.1 Å². The number of hydrogen-bond donors (Lipinski definition) is 4. The Balaban J connectivity index is 0.00000833. The predicted molar refractivity (Wildman–Crippen MR) is 357 cm³/mol. The van der Waals surface area contributed by atoms with E-state index in [4.69, 9.17) is 29.0 Å². The number of nitrogens with zero attached hydrogens (tertiary/aromatic N) is 4. The van der Waals surface area contributed by atoms with E-state index in [0.717, 1.165) is 106 Å². The quantitative estimate of drug-likeness (QED) is 0.0359. The van der Waals surface area contributed by atoms with Crippen molar-refractivity contribution in [1.29, 1.82) is 0 Å². The van der Waals surface area contributed by atoms with Crippen LogP contribution in [0.4, 0.5) is 0 Å². The zero-order valence-corrected chi connectivity index (χ0v) is 56.1. The minimum Gasteiger partial charge on any atom is -0.657 e. The van der Waals surface area contributed by atoms with Crippen LogP contribution in [0.15, 0.2) is 194 Å². The Morgan fingerprint density at radius 2 is 0.611 bits per heavy atom. The van der Waals surface area contributed by atoms with E-state index in [2.05, 4.69) is 130 Å². The van der Waals surface area contributed by atoms with E-state index >= 15 is 0 Å². The molecule has 13 nitrogen and oxygen atoms in total. The molecule has 0 spiro atoms. The number of fused-ring (bicyclic) bond motifs is 8. The molecule has 0 saturated heterocycles. The van der Waals surface area contributed by atoms with Crippen LogP contribution in [0.1, 0.15) is 92.3 Å². The van der Waals surface area contributed by atoms with E-state index in [0.29, 0.717) is 39.1 Å². The maximum Gasteiger partial charge on any atom is 2.00 e. The maximum atomic E-state index is 13.9. The van der Waals surface area contributed by atoms with Crippen molar-refractivity contribution in [2.75, 3.05) is 13.2 Å². The van der Waals surface area contributed by atoms with Crippen LogP contribution in [-0.4, -0.2) is 42.8 Å². The van der Waals surface area contributed by atoms with Crippen LogP contribution in [0.25, 0.3) is 90.9 Å². The van der Waals surface area contributed by atoms with Crippen LogP contribution in [0.2, 0.25) is 0 Å². The van der Waals surface area contributed by atoms with Gasteiger partial charge in [0.2, 0.25) is 0 Å². The molecule has 12 rings (SSSR count). The Kier molecular flexibility index (Phi) is 18.6. The van der Waals surface area contributed by atoms with E-state index in [-0.39, 0.29) is 38.9 Å². The number of rotatable bonds is 18. The molecular weight excluding hydrogens is 1240 g/mol. The van der Waals surface area contributed by atoms with Gasteiger partial charge in [-0.3, -0.25) is 13.7 Å². The fourth-order valence-corrected chi connectivity index (χ4v) is 15.2. The summed E-state index contributed by atoms with van der Waals surface area (Å²) in [4.78, 5) is 62.3. The van der Waals surface area contributed by atoms with Crippen LogP contribution >= 0.6 is 22.8 Å². The molecule has 0 saturated carbocycles. The number of aromatic nitrogens is 4. The second-order valence-electron chi connectivity index (χ2n) is 22.6. The van der Waals surface area contributed by atoms with E-state index in [9.17, 15) is 33.3 Å². The second-order valence-corrected chi connectivity index (χ2v) is 28.0. The Bertz CT molecular complexity index is 4570. The summed E-state index contributed by atoms with van der Waals surface area (Å²) in [5.41, 5.74) is 19.5. The summed E-state index contributed by atoms with van der Waals surface area (Å²) in [5.74, 6) is 0. The molecule has 7 aromatic carbocycles. The third-order valence-electron chi connectivity index (χ3n) is 16.2. The summed E-state index contributed by atoms with van der Waals surface area (Å²) in [7, 11) is -12.4. The minimum atomic E-state index is -4.45. The van der Waals surface area contributed by atoms with Crippen molar-refractivity contribution in [3.05, 3.63) is 273 Å². The molecule has 0 unspecified atom stereocenters. The van der Waals surface area contributed by atoms with Gasteiger partial charge in [-0.05, 0) is 142 Å². The van der Waals surface area contributed by atoms with Crippen LogP contribution < -0.4 is 9.97 Å². The van der Waals surface area contributed by atoms with Gasteiger partial charge in [-0.2, -0.15) is 0 Å². The van der Waals surface area contributed by atoms with Crippen molar-refractivity contribution in [3.63, 3.8) is 0 Å². The van der Waals surface area contributed by atoms with Crippen LogP contribution in [0, 0.1) is 20.8 Å². The molecule has 4 N–H and O–H groups in total. The third-order valence-corrected chi connectivity index (χ3v) is 19.8. The number of aryl methyl sites for hydroxylation is 3. The zero-order chi connectivity index (χ0) is 62.2. The first-order chi connectivity index (χ1) is 42.8. The Morgan fingerprint density at radius 1 is 0.367 bits per heavy atom. The van der Waals surface area contributed by atoms with Crippen molar-refractivity contribution in [2.24, 2.45) is 0 Å². The summed E-state index contributed by atoms with van der Waals surface area (Å²) in [5, 5.41) is 0. The summed E-state index contributed by atoms with van der Waals surface area (Å²) >= 11 is 0. The summed E-state index contributed by atoms with van der Waals surface area (Å²) in [6, 6.07) is 63.6. The fraction of sp³-hybridized carbons (Fsp3) is 0.151. The van der Waals surface area contributed by atoms with E-state index < -0.39 is 40.5 Å². The van der Waals surface area contributed by atoms with E-state index in [1.807, 2.05) is 84.9 Å².